The second kappa shape index (κ2) is 5.98. The number of pyridine rings is 1. The van der Waals surface area contributed by atoms with Gasteiger partial charge >= 0.3 is 0 Å². The van der Waals surface area contributed by atoms with Gasteiger partial charge in [-0.05, 0) is 53.6 Å². The lowest BCUT2D eigenvalue weighted by atomic mass is 10.1. The number of nitrogens with zero attached hydrogens (tertiary/aromatic N) is 5. The molecule has 0 amide bonds. The van der Waals surface area contributed by atoms with Gasteiger partial charge < -0.3 is 0 Å². The minimum Gasteiger partial charge on any atom is -0.224 e. The highest BCUT2D eigenvalue weighted by atomic mass is 35.5. The van der Waals surface area contributed by atoms with Gasteiger partial charge in [-0.15, -0.1) is 10.2 Å². The van der Waals surface area contributed by atoms with Crippen LogP contribution in [0.25, 0.3) is 11.4 Å². The van der Waals surface area contributed by atoms with Gasteiger partial charge in [0.2, 0.25) is 5.82 Å². The molecule has 0 unspecified atom stereocenters. The van der Waals surface area contributed by atoms with Crippen molar-refractivity contribution in [2.75, 3.05) is 0 Å². The zero-order valence-corrected chi connectivity index (χ0v) is 13.0. The predicted octanol–water partition coefficient (Wildman–Crippen LogP) is 3.54. The van der Waals surface area contributed by atoms with Crippen LogP contribution in [0, 0.1) is 12.7 Å². The number of aromatic nitrogens is 5. The van der Waals surface area contributed by atoms with E-state index in [-0.39, 0.29) is 5.82 Å². The largest absolute Gasteiger partial charge is 0.224 e. The number of aryl methyl sites for hydroxylation is 1. The Morgan fingerprint density at radius 1 is 1.14 bits per heavy atom. The molecule has 5 nitrogen and oxygen atoms in total. The Kier molecular flexibility index (Phi) is 4.04. The Morgan fingerprint density at radius 3 is 2.55 bits per heavy atom. The monoisotopic (exact) mass is 337 g/mol. The van der Waals surface area contributed by atoms with Gasteiger partial charge in [0.25, 0.3) is 0 Å². The lowest BCUT2D eigenvalue weighted by molar-refractivity contribution is 0.572. The molecule has 0 radical (unpaired) electrons. The average Bonchev–Trinajstić information content (AvgIpc) is 2.89. The highest BCUT2D eigenvalue weighted by Gasteiger charge is 2.09. The molecule has 0 atom stereocenters. The summed E-state index contributed by atoms with van der Waals surface area (Å²) in [5.41, 5.74) is 2.04. The molecule has 22 heavy (non-hydrogen) atoms. The molecule has 8 heteroatoms. The number of tetrazole rings is 1. The fraction of sp³-hybridized carbons (Fsp3) is 0.143. The molecule has 0 spiro atoms. The maximum Gasteiger partial charge on any atom is 0.204 e. The van der Waals surface area contributed by atoms with Crippen LogP contribution in [-0.2, 0) is 6.54 Å². The second-order valence-corrected chi connectivity index (χ2v) is 5.50. The topological polar surface area (TPSA) is 56.5 Å². The highest BCUT2D eigenvalue weighted by Crippen LogP contribution is 2.18. The smallest absolute Gasteiger partial charge is 0.204 e. The van der Waals surface area contributed by atoms with Crippen LogP contribution >= 0.6 is 23.2 Å². The zero-order valence-electron chi connectivity index (χ0n) is 11.5. The Balaban J connectivity index is 1.85. The van der Waals surface area contributed by atoms with E-state index in [1.807, 2.05) is 0 Å². The van der Waals surface area contributed by atoms with Crippen LogP contribution in [0.5, 0.6) is 0 Å². The van der Waals surface area contributed by atoms with E-state index in [2.05, 4.69) is 20.4 Å². The standard InChI is InChI=1S/C14H10Cl2FN5/c1-8-4-10(2-3-11(8)17)14-19-21-22(20-14)7-9-5-12(15)18-13(16)6-9/h2-6H,7H2,1H3. The Morgan fingerprint density at radius 2 is 1.86 bits per heavy atom. The van der Waals surface area contributed by atoms with Crippen LogP contribution in [-0.4, -0.2) is 25.2 Å². The maximum atomic E-state index is 13.3. The molecule has 0 fully saturated rings. The van der Waals surface area contributed by atoms with Crippen molar-refractivity contribution in [3.63, 3.8) is 0 Å². The summed E-state index contributed by atoms with van der Waals surface area (Å²) in [6.45, 7) is 2.04. The number of hydrogen-bond donors (Lipinski definition) is 0. The van der Waals surface area contributed by atoms with E-state index in [4.69, 9.17) is 23.2 Å². The first-order chi connectivity index (χ1) is 10.5. The molecule has 2 heterocycles. The quantitative estimate of drug-likeness (QED) is 0.686. The fourth-order valence-corrected chi connectivity index (χ4v) is 2.48. The number of hydrogen-bond acceptors (Lipinski definition) is 4. The van der Waals surface area contributed by atoms with Crippen LogP contribution in [0.3, 0.4) is 0 Å². The van der Waals surface area contributed by atoms with E-state index in [1.54, 1.807) is 31.2 Å². The molecule has 2 aromatic heterocycles. The molecule has 0 N–H and O–H groups in total. The van der Waals surface area contributed by atoms with E-state index >= 15 is 0 Å². The summed E-state index contributed by atoms with van der Waals surface area (Å²) < 4.78 is 13.3. The highest BCUT2D eigenvalue weighted by molar-refractivity contribution is 6.32. The van der Waals surface area contributed by atoms with Crippen LogP contribution < -0.4 is 0 Å². The van der Waals surface area contributed by atoms with Crippen molar-refractivity contribution in [3.05, 3.63) is 57.6 Å². The van der Waals surface area contributed by atoms with Gasteiger partial charge in [-0.25, -0.2) is 9.37 Å². The van der Waals surface area contributed by atoms with Crippen molar-refractivity contribution in [1.29, 1.82) is 0 Å². The molecule has 1 aromatic carbocycles. The summed E-state index contributed by atoms with van der Waals surface area (Å²) in [7, 11) is 0. The first kappa shape index (κ1) is 14.9. The van der Waals surface area contributed by atoms with Crippen LogP contribution in [0.4, 0.5) is 4.39 Å². The minimum absolute atomic E-state index is 0.266. The summed E-state index contributed by atoms with van der Waals surface area (Å²) in [6.07, 6.45) is 0. The minimum atomic E-state index is -0.266. The van der Waals surface area contributed by atoms with Gasteiger partial charge in [0, 0.05) is 5.56 Å². The molecule has 112 valence electrons. The predicted molar refractivity (Wildman–Crippen MR) is 81.3 cm³/mol. The number of benzene rings is 1. The van der Waals surface area contributed by atoms with Crippen molar-refractivity contribution in [3.8, 4) is 11.4 Å². The first-order valence-corrected chi connectivity index (χ1v) is 7.13. The summed E-state index contributed by atoms with van der Waals surface area (Å²) in [5.74, 6) is 0.159. The third-order valence-electron chi connectivity index (χ3n) is 3.02. The summed E-state index contributed by atoms with van der Waals surface area (Å²) in [4.78, 5) is 5.29. The molecule has 3 rings (SSSR count). The fourth-order valence-electron chi connectivity index (χ4n) is 1.98. The van der Waals surface area contributed by atoms with Gasteiger partial charge in [-0.1, -0.05) is 23.2 Å². The Labute approximate surface area is 135 Å². The van der Waals surface area contributed by atoms with E-state index in [0.717, 1.165) is 5.56 Å². The zero-order chi connectivity index (χ0) is 15.7. The third-order valence-corrected chi connectivity index (χ3v) is 3.40. The van der Waals surface area contributed by atoms with Crippen molar-refractivity contribution in [2.24, 2.45) is 0 Å². The second-order valence-electron chi connectivity index (χ2n) is 4.73. The average molecular weight is 338 g/mol. The molecular formula is C14H10Cl2FN5. The van der Waals surface area contributed by atoms with Gasteiger partial charge in [0.05, 0.1) is 6.54 Å². The van der Waals surface area contributed by atoms with E-state index in [0.29, 0.717) is 33.8 Å². The van der Waals surface area contributed by atoms with Gasteiger partial charge in [0.1, 0.15) is 16.1 Å². The molecule has 0 saturated carbocycles. The summed E-state index contributed by atoms with van der Waals surface area (Å²) in [6, 6.07) is 8.03. The van der Waals surface area contributed by atoms with E-state index < -0.39 is 0 Å². The van der Waals surface area contributed by atoms with Crippen molar-refractivity contribution in [2.45, 2.75) is 13.5 Å². The molecule has 3 aromatic rings. The first-order valence-electron chi connectivity index (χ1n) is 6.37. The van der Waals surface area contributed by atoms with Crippen LogP contribution in [0.1, 0.15) is 11.1 Å². The molecule has 0 aliphatic carbocycles. The normalized spacial score (nSPS) is 10.9. The van der Waals surface area contributed by atoms with Crippen molar-refractivity contribution < 1.29 is 4.39 Å². The molecule has 0 bridgehead atoms. The molecule has 0 saturated heterocycles. The van der Waals surface area contributed by atoms with Crippen LogP contribution in [0.15, 0.2) is 30.3 Å². The van der Waals surface area contributed by atoms with E-state index in [9.17, 15) is 4.39 Å². The molecular weight excluding hydrogens is 328 g/mol. The maximum absolute atomic E-state index is 13.3. The van der Waals surface area contributed by atoms with Gasteiger partial charge in [-0.2, -0.15) is 4.80 Å². The Hall–Kier alpha value is -2.05. The summed E-state index contributed by atoms with van der Waals surface area (Å²) >= 11 is 11.7. The van der Waals surface area contributed by atoms with Gasteiger partial charge in [0.15, 0.2) is 0 Å². The van der Waals surface area contributed by atoms with Crippen LogP contribution in [0.2, 0.25) is 10.3 Å². The van der Waals surface area contributed by atoms with Crippen molar-refractivity contribution >= 4 is 23.2 Å². The Bertz CT molecular complexity index is 814. The van der Waals surface area contributed by atoms with E-state index in [1.165, 1.54) is 10.9 Å². The third kappa shape index (κ3) is 3.23. The van der Waals surface area contributed by atoms with Gasteiger partial charge in [-0.3, -0.25) is 0 Å². The molecule has 0 aliphatic rings. The lowest BCUT2D eigenvalue weighted by Crippen LogP contribution is -2.04. The van der Waals surface area contributed by atoms with Crippen molar-refractivity contribution in [1.82, 2.24) is 25.2 Å². The molecule has 0 aliphatic heterocycles. The SMILES string of the molecule is Cc1cc(-c2nnn(Cc3cc(Cl)nc(Cl)c3)n2)ccc1F. The number of rotatable bonds is 3. The number of halogens is 3. The lowest BCUT2D eigenvalue weighted by Gasteiger charge is -2.01. The summed E-state index contributed by atoms with van der Waals surface area (Å²) in [5, 5.41) is 12.8.